The van der Waals surface area contributed by atoms with Gasteiger partial charge in [0.2, 0.25) is 5.76 Å². The normalized spacial score (nSPS) is 17.9. The highest BCUT2D eigenvalue weighted by atomic mass is 16.4. The van der Waals surface area contributed by atoms with E-state index in [1.165, 1.54) is 11.6 Å². The van der Waals surface area contributed by atoms with Gasteiger partial charge in [-0.05, 0) is 30.2 Å². The lowest BCUT2D eigenvalue weighted by atomic mass is 9.98. The molecule has 0 spiro atoms. The number of aromatic carboxylic acids is 1. The highest BCUT2D eigenvalue weighted by Gasteiger charge is 2.22. The molecule has 3 rings (SSSR count). The maximum Gasteiger partial charge on any atom is 0.371 e. The van der Waals surface area contributed by atoms with E-state index in [4.69, 9.17) is 15.3 Å². The Bertz CT molecular complexity index is 636. The lowest BCUT2D eigenvalue weighted by Crippen LogP contribution is -2.42. The van der Waals surface area contributed by atoms with E-state index in [0.29, 0.717) is 12.3 Å². The monoisotopic (exact) mass is 272 g/mol. The molecule has 1 aliphatic heterocycles. The molecule has 5 heteroatoms. The van der Waals surface area contributed by atoms with E-state index in [1.807, 2.05) is 12.1 Å². The van der Waals surface area contributed by atoms with Crippen molar-refractivity contribution in [2.45, 2.75) is 19.0 Å². The second kappa shape index (κ2) is 5.02. The average Bonchev–Trinajstić information content (AvgIpc) is 2.87. The van der Waals surface area contributed by atoms with Crippen molar-refractivity contribution >= 4 is 11.7 Å². The van der Waals surface area contributed by atoms with E-state index >= 15 is 0 Å². The maximum absolute atomic E-state index is 10.8. The fraction of sp³-hybridized carbons (Fsp3) is 0.267. The number of hydrogen-bond donors (Lipinski definition) is 2. The molecule has 0 radical (unpaired) electrons. The predicted molar refractivity (Wildman–Crippen MR) is 74.8 cm³/mol. The molecule has 104 valence electrons. The van der Waals surface area contributed by atoms with Gasteiger partial charge in [-0.1, -0.05) is 18.2 Å². The largest absolute Gasteiger partial charge is 0.475 e. The second-order valence-corrected chi connectivity index (χ2v) is 5.04. The Kier molecular flexibility index (Phi) is 3.20. The van der Waals surface area contributed by atoms with E-state index in [2.05, 4.69) is 17.0 Å². The summed E-state index contributed by atoms with van der Waals surface area (Å²) in [5, 5.41) is 8.88. The van der Waals surface area contributed by atoms with Gasteiger partial charge in [0.1, 0.15) is 5.76 Å². The molecule has 2 aromatic rings. The van der Waals surface area contributed by atoms with Crippen molar-refractivity contribution < 1.29 is 14.3 Å². The fourth-order valence-electron chi connectivity index (χ4n) is 2.64. The molecule has 5 nitrogen and oxygen atoms in total. The van der Waals surface area contributed by atoms with Crippen molar-refractivity contribution in [3.63, 3.8) is 0 Å². The van der Waals surface area contributed by atoms with Crippen LogP contribution in [-0.4, -0.2) is 23.7 Å². The number of rotatable bonds is 3. The molecule has 1 unspecified atom stereocenters. The van der Waals surface area contributed by atoms with Gasteiger partial charge in [0.05, 0.1) is 6.54 Å². The molecular weight excluding hydrogens is 256 g/mol. The summed E-state index contributed by atoms with van der Waals surface area (Å²) in [6.07, 6.45) is 0.866. The van der Waals surface area contributed by atoms with Gasteiger partial charge in [0, 0.05) is 18.3 Å². The topological polar surface area (TPSA) is 79.7 Å². The lowest BCUT2D eigenvalue weighted by molar-refractivity contribution is 0.0660. The summed E-state index contributed by atoms with van der Waals surface area (Å²) >= 11 is 0. The van der Waals surface area contributed by atoms with E-state index < -0.39 is 5.97 Å². The molecular formula is C15H16N2O3. The molecule has 0 saturated heterocycles. The van der Waals surface area contributed by atoms with Crippen molar-refractivity contribution in [2.75, 3.05) is 11.4 Å². The first-order valence-corrected chi connectivity index (χ1v) is 6.54. The standard InChI is InChI=1S/C15H16N2O3/c16-11-7-10-3-1-2-4-13(10)17(8-11)9-12-5-6-14(20-12)15(18)19/h1-6,11H,7-9,16H2,(H,18,19). The van der Waals surface area contributed by atoms with Crippen molar-refractivity contribution in [1.82, 2.24) is 0 Å². The molecule has 1 aliphatic rings. The number of carboxylic acid groups (broad SMARTS) is 1. The molecule has 0 fully saturated rings. The first kappa shape index (κ1) is 12.7. The number of carboxylic acids is 1. The first-order valence-electron chi connectivity index (χ1n) is 6.54. The molecule has 2 heterocycles. The Morgan fingerprint density at radius 1 is 1.35 bits per heavy atom. The second-order valence-electron chi connectivity index (χ2n) is 5.04. The van der Waals surface area contributed by atoms with Gasteiger partial charge in [0.15, 0.2) is 0 Å². The quantitative estimate of drug-likeness (QED) is 0.891. The lowest BCUT2D eigenvalue weighted by Gasteiger charge is -2.34. The van der Waals surface area contributed by atoms with Crippen LogP contribution in [0.1, 0.15) is 21.9 Å². The van der Waals surface area contributed by atoms with Crippen LogP contribution in [0, 0.1) is 0 Å². The summed E-state index contributed by atoms with van der Waals surface area (Å²) in [7, 11) is 0. The number of furan rings is 1. The number of anilines is 1. The number of carbonyl (C=O) groups is 1. The molecule has 0 bridgehead atoms. The molecule has 0 amide bonds. The zero-order valence-corrected chi connectivity index (χ0v) is 11.0. The number of para-hydroxylation sites is 1. The summed E-state index contributed by atoms with van der Waals surface area (Å²) < 4.78 is 5.32. The Morgan fingerprint density at radius 3 is 2.90 bits per heavy atom. The summed E-state index contributed by atoms with van der Waals surface area (Å²) in [6, 6.07) is 11.4. The highest BCUT2D eigenvalue weighted by molar-refractivity contribution is 5.84. The van der Waals surface area contributed by atoms with Crippen LogP contribution in [0.5, 0.6) is 0 Å². The summed E-state index contributed by atoms with van der Waals surface area (Å²) in [5.74, 6) is -0.451. The van der Waals surface area contributed by atoms with Crippen LogP contribution >= 0.6 is 0 Å². The van der Waals surface area contributed by atoms with Crippen LogP contribution in [-0.2, 0) is 13.0 Å². The van der Waals surface area contributed by atoms with Crippen molar-refractivity contribution in [3.8, 4) is 0 Å². The zero-order valence-electron chi connectivity index (χ0n) is 11.0. The van der Waals surface area contributed by atoms with E-state index in [-0.39, 0.29) is 11.8 Å². The molecule has 3 N–H and O–H groups in total. The van der Waals surface area contributed by atoms with Crippen LogP contribution in [0.15, 0.2) is 40.8 Å². The van der Waals surface area contributed by atoms with Gasteiger partial charge in [-0.2, -0.15) is 0 Å². The van der Waals surface area contributed by atoms with Gasteiger partial charge < -0.3 is 20.2 Å². The van der Waals surface area contributed by atoms with Gasteiger partial charge in [-0.3, -0.25) is 0 Å². The number of fused-ring (bicyclic) bond motifs is 1. The van der Waals surface area contributed by atoms with E-state index in [9.17, 15) is 4.79 Å². The number of nitrogens with zero attached hydrogens (tertiary/aromatic N) is 1. The fourth-order valence-corrected chi connectivity index (χ4v) is 2.64. The van der Waals surface area contributed by atoms with Gasteiger partial charge in [-0.15, -0.1) is 0 Å². The zero-order chi connectivity index (χ0) is 14.1. The van der Waals surface area contributed by atoms with Crippen LogP contribution < -0.4 is 10.6 Å². The first-order chi connectivity index (χ1) is 9.63. The molecule has 1 atom stereocenters. The van der Waals surface area contributed by atoms with Crippen LogP contribution in [0.3, 0.4) is 0 Å². The third kappa shape index (κ3) is 2.40. The maximum atomic E-state index is 10.8. The molecule has 0 saturated carbocycles. The average molecular weight is 272 g/mol. The summed E-state index contributed by atoms with van der Waals surface area (Å²) in [4.78, 5) is 13.0. The minimum absolute atomic E-state index is 0.0328. The minimum Gasteiger partial charge on any atom is -0.475 e. The molecule has 1 aromatic heterocycles. The SMILES string of the molecule is NC1Cc2ccccc2N(Cc2ccc(C(=O)O)o2)C1. The Labute approximate surface area is 116 Å². The van der Waals surface area contributed by atoms with Crippen LogP contribution in [0.25, 0.3) is 0 Å². The summed E-state index contributed by atoms with van der Waals surface area (Å²) in [6.45, 7) is 1.26. The number of benzene rings is 1. The highest BCUT2D eigenvalue weighted by Crippen LogP contribution is 2.28. The number of hydrogen-bond acceptors (Lipinski definition) is 4. The molecule has 20 heavy (non-hydrogen) atoms. The van der Waals surface area contributed by atoms with Crippen molar-refractivity contribution in [2.24, 2.45) is 5.73 Å². The van der Waals surface area contributed by atoms with Gasteiger partial charge >= 0.3 is 5.97 Å². The van der Waals surface area contributed by atoms with Gasteiger partial charge in [-0.25, -0.2) is 4.79 Å². The van der Waals surface area contributed by atoms with Crippen LogP contribution in [0.2, 0.25) is 0 Å². The Balaban J connectivity index is 1.85. The van der Waals surface area contributed by atoms with E-state index in [1.54, 1.807) is 6.07 Å². The van der Waals surface area contributed by atoms with Crippen LogP contribution in [0.4, 0.5) is 5.69 Å². The summed E-state index contributed by atoms with van der Waals surface area (Å²) in [5.41, 5.74) is 8.44. The Morgan fingerprint density at radius 2 is 2.15 bits per heavy atom. The third-order valence-electron chi connectivity index (χ3n) is 3.49. The van der Waals surface area contributed by atoms with Crippen molar-refractivity contribution in [3.05, 3.63) is 53.5 Å². The van der Waals surface area contributed by atoms with Gasteiger partial charge in [0.25, 0.3) is 0 Å². The third-order valence-corrected chi connectivity index (χ3v) is 3.49. The predicted octanol–water partition coefficient (Wildman–Crippen LogP) is 1.87. The smallest absolute Gasteiger partial charge is 0.371 e. The Hall–Kier alpha value is -2.27. The van der Waals surface area contributed by atoms with E-state index in [0.717, 1.165) is 18.7 Å². The molecule has 0 aliphatic carbocycles. The number of nitrogens with two attached hydrogens (primary N) is 1. The minimum atomic E-state index is -1.05. The molecule has 1 aromatic carbocycles. The van der Waals surface area contributed by atoms with Crippen molar-refractivity contribution in [1.29, 1.82) is 0 Å².